The molecule has 2 aromatic rings. The van der Waals surface area contributed by atoms with Gasteiger partial charge in [-0.15, -0.1) is 11.3 Å². The monoisotopic (exact) mass is 341 g/mol. The zero-order valence-electron chi connectivity index (χ0n) is 11.3. The Morgan fingerprint density at radius 3 is 2.63 bits per heavy atom. The SMILES string of the molecule is CCNC(c1cc(F)ccc1Br)c1sc(C)cc1C. The number of halogens is 2. The Balaban J connectivity index is 2.51. The zero-order valence-corrected chi connectivity index (χ0v) is 13.7. The maximum absolute atomic E-state index is 13.5. The van der Waals surface area contributed by atoms with Gasteiger partial charge in [-0.05, 0) is 55.8 Å². The van der Waals surface area contributed by atoms with Crippen LogP contribution in [0.1, 0.15) is 33.8 Å². The van der Waals surface area contributed by atoms with E-state index in [1.54, 1.807) is 23.5 Å². The molecule has 0 aliphatic heterocycles. The molecule has 1 atom stereocenters. The lowest BCUT2D eigenvalue weighted by Gasteiger charge is -2.19. The molecule has 0 spiro atoms. The van der Waals surface area contributed by atoms with Gasteiger partial charge in [-0.25, -0.2) is 4.39 Å². The number of hydrogen-bond donors (Lipinski definition) is 1. The van der Waals surface area contributed by atoms with Crippen LogP contribution in [-0.2, 0) is 0 Å². The summed E-state index contributed by atoms with van der Waals surface area (Å²) in [5, 5.41) is 3.45. The Hall–Kier alpha value is -0.710. The van der Waals surface area contributed by atoms with E-state index < -0.39 is 0 Å². The van der Waals surface area contributed by atoms with Gasteiger partial charge >= 0.3 is 0 Å². The number of rotatable bonds is 4. The molecule has 4 heteroatoms. The summed E-state index contributed by atoms with van der Waals surface area (Å²) in [7, 11) is 0. The molecule has 1 heterocycles. The largest absolute Gasteiger partial charge is 0.306 e. The number of aryl methyl sites for hydroxylation is 2. The van der Waals surface area contributed by atoms with E-state index in [1.165, 1.54) is 21.4 Å². The van der Waals surface area contributed by atoms with E-state index in [9.17, 15) is 4.39 Å². The predicted molar refractivity (Wildman–Crippen MR) is 83.4 cm³/mol. The highest BCUT2D eigenvalue weighted by Crippen LogP contribution is 2.35. The van der Waals surface area contributed by atoms with Crippen LogP contribution < -0.4 is 5.32 Å². The second-order valence-electron chi connectivity index (χ2n) is 4.56. The topological polar surface area (TPSA) is 12.0 Å². The quantitative estimate of drug-likeness (QED) is 0.828. The molecular formula is C15H17BrFNS. The van der Waals surface area contributed by atoms with Crippen LogP contribution >= 0.6 is 27.3 Å². The third kappa shape index (κ3) is 3.25. The van der Waals surface area contributed by atoms with Gasteiger partial charge in [0.1, 0.15) is 5.82 Å². The van der Waals surface area contributed by atoms with E-state index in [2.05, 4.69) is 48.1 Å². The van der Waals surface area contributed by atoms with E-state index in [1.807, 2.05) is 0 Å². The Labute approximate surface area is 126 Å². The van der Waals surface area contributed by atoms with E-state index >= 15 is 0 Å². The minimum absolute atomic E-state index is 0.0359. The first-order chi connectivity index (χ1) is 9.02. The van der Waals surface area contributed by atoms with Crippen LogP contribution in [0.2, 0.25) is 0 Å². The smallest absolute Gasteiger partial charge is 0.123 e. The van der Waals surface area contributed by atoms with Gasteiger partial charge in [0, 0.05) is 14.2 Å². The van der Waals surface area contributed by atoms with Crippen LogP contribution in [-0.4, -0.2) is 6.54 Å². The Bertz CT molecular complexity index is 580. The van der Waals surface area contributed by atoms with Crippen molar-refractivity contribution in [3.8, 4) is 0 Å². The van der Waals surface area contributed by atoms with Gasteiger partial charge in [0.25, 0.3) is 0 Å². The fourth-order valence-electron chi connectivity index (χ4n) is 2.23. The van der Waals surface area contributed by atoms with E-state index in [0.29, 0.717) is 0 Å². The summed E-state index contributed by atoms with van der Waals surface area (Å²) < 4.78 is 14.5. The summed E-state index contributed by atoms with van der Waals surface area (Å²) in [5.74, 6) is -0.202. The number of benzene rings is 1. The molecule has 0 fully saturated rings. The molecular weight excluding hydrogens is 325 g/mol. The zero-order chi connectivity index (χ0) is 14.0. The Morgan fingerprint density at radius 1 is 1.32 bits per heavy atom. The van der Waals surface area contributed by atoms with Crippen molar-refractivity contribution in [1.82, 2.24) is 5.32 Å². The molecule has 1 unspecified atom stereocenters. The van der Waals surface area contributed by atoms with E-state index in [-0.39, 0.29) is 11.9 Å². The average Bonchev–Trinajstić information content (AvgIpc) is 2.69. The molecule has 2 rings (SSSR count). The lowest BCUT2D eigenvalue weighted by molar-refractivity contribution is 0.604. The fourth-order valence-corrected chi connectivity index (χ4v) is 3.84. The van der Waals surface area contributed by atoms with Crippen molar-refractivity contribution in [3.63, 3.8) is 0 Å². The first-order valence-corrected chi connectivity index (χ1v) is 7.89. The van der Waals surface area contributed by atoms with E-state index in [4.69, 9.17) is 0 Å². The molecule has 1 nitrogen and oxygen atoms in total. The molecule has 1 N–H and O–H groups in total. The van der Waals surface area contributed by atoms with Gasteiger partial charge in [0.2, 0.25) is 0 Å². The molecule has 0 aliphatic carbocycles. The standard InChI is InChI=1S/C15H17BrFNS/c1-4-18-14(15-9(2)7-10(3)19-15)12-8-11(17)5-6-13(12)16/h5-8,14,18H,4H2,1-3H3. The Kier molecular flexibility index (Phi) is 4.76. The van der Waals surface area contributed by atoms with Gasteiger partial charge in [-0.2, -0.15) is 0 Å². The molecule has 1 aromatic carbocycles. The van der Waals surface area contributed by atoms with Crippen molar-refractivity contribution in [2.75, 3.05) is 6.54 Å². The second kappa shape index (κ2) is 6.16. The van der Waals surface area contributed by atoms with Crippen LogP contribution in [0.4, 0.5) is 4.39 Å². The summed E-state index contributed by atoms with van der Waals surface area (Å²) >= 11 is 5.29. The molecule has 0 bridgehead atoms. The maximum Gasteiger partial charge on any atom is 0.123 e. The fraction of sp³-hybridized carbons (Fsp3) is 0.333. The molecule has 0 saturated carbocycles. The lowest BCUT2D eigenvalue weighted by atomic mass is 10.0. The van der Waals surface area contributed by atoms with E-state index in [0.717, 1.165) is 16.6 Å². The second-order valence-corrected chi connectivity index (χ2v) is 6.70. The van der Waals surface area contributed by atoms with Crippen molar-refractivity contribution < 1.29 is 4.39 Å². The summed E-state index contributed by atoms with van der Waals surface area (Å²) in [6.07, 6.45) is 0. The molecule has 0 amide bonds. The van der Waals surface area contributed by atoms with Crippen molar-refractivity contribution >= 4 is 27.3 Å². The average molecular weight is 342 g/mol. The van der Waals surface area contributed by atoms with Gasteiger partial charge in [-0.3, -0.25) is 0 Å². The van der Waals surface area contributed by atoms with Gasteiger partial charge < -0.3 is 5.32 Å². The number of hydrogen-bond acceptors (Lipinski definition) is 2. The van der Waals surface area contributed by atoms with Crippen LogP contribution in [0.25, 0.3) is 0 Å². The molecule has 102 valence electrons. The van der Waals surface area contributed by atoms with Crippen LogP contribution in [0.15, 0.2) is 28.7 Å². The molecule has 0 aliphatic rings. The highest BCUT2D eigenvalue weighted by molar-refractivity contribution is 9.10. The van der Waals surface area contributed by atoms with Gasteiger partial charge in [-0.1, -0.05) is 22.9 Å². The minimum Gasteiger partial charge on any atom is -0.306 e. The van der Waals surface area contributed by atoms with Crippen molar-refractivity contribution in [2.45, 2.75) is 26.8 Å². The first kappa shape index (κ1) is 14.7. The summed E-state index contributed by atoms with van der Waals surface area (Å²) in [4.78, 5) is 2.54. The third-order valence-corrected chi connectivity index (χ3v) is 4.96. The van der Waals surface area contributed by atoms with Gasteiger partial charge in [0.05, 0.1) is 6.04 Å². The van der Waals surface area contributed by atoms with Crippen molar-refractivity contribution in [1.29, 1.82) is 0 Å². The Morgan fingerprint density at radius 2 is 2.05 bits per heavy atom. The van der Waals surface area contributed by atoms with Crippen LogP contribution in [0.5, 0.6) is 0 Å². The molecule has 19 heavy (non-hydrogen) atoms. The first-order valence-electron chi connectivity index (χ1n) is 6.28. The van der Waals surface area contributed by atoms with Crippen molar-refractivity contribution in [2.24, 2.45) is 0 Å². The molecule has 1 aromatic heterocycles. The highest BCUT2D eigenvalue weighted by Gasteiger charge is 2.20. The predicted octanol–water partition coefficient (Wildman–Crippen LogP) is 4.97. The van der Waals surface area contributed by atoms with Crippen LogP contribution in [0, 0.1) is 19.7 Å². The number of thiophene rings is 1. The third-order valence-electron chi connectivity index (χ3n) is 3.02. The van der Waals surface area contributed by atoms with Crippen molar-refractivity contribution in [3.05, 3.63) is 55.4 Å². The number of nitrogens with one attached hydrogen (secondary N) is 1. The minimum atomic E-state index is -0.202. The van der Waals surface area contributed by atoms with Crippen LogP contribution in [0.3, 0.4) is 0 Å². The van der Waals surface area contributed by atoms with Gasteiger partial charge in [0.15, 0.2) is 0 Å². The normalized spacial score (nSPS) is 12.7. The summed E-state index contributed by atoms with van der Waals surface area (Å²) in [6.45, 7) is 7.11. The summed E-state index contributed by atoms with van der Waals surface area (Å²) in [6, 6.07) is 7.06. The lowest BCUT2D eigenvalue weighted by Crippen LogP contribution is -2.22. The summed E-state index contributed by atoms with van der Waals surface area (Å²) in [5.41, 5.74) is 2.21. The molecule has 0 saturated heterocycles. The maximum atomic E-state index is 13.5. The molecule has 0 radical (unpaired) electrons. The highest BCUT2D eigenvalue weighted by atomic mass is 79.9.